The van der Waals surface area contributed by atoms with Gasteiger partial charge >= 0.3 is 6.09 Å². The van der Waals surface area contributed by atoms with Crippen LogP contribution in [0, 0.1) is 0 Å². The molecule has 1 heterocycles. The quantitative estimate of drug-likeness (QED) is 0.598. The van der Waals surface area contributed by atoms with Gasteiger partial charge in [0, 0.05) is 13.7 Å². The fourth-order valence-corrected chi connectivity index (χ4v) is 2.48. The predicted octanol–water partition coefficient (Wildman–Crippen LogP) is 2.80. The second kappa shape index (κ2) is 8.64. The molecule has 0 spiro atoms. The number of nitrogens with zero attached hydrogens (tertiary/aromatic N) is 1. The Balaban J connectivity index is 1.83. The SMILES string of the molecule is COCOCC1CCCCN1C(=O)OCc1ccccc1. The van der Waals surface area contributed by atoms with Crippen molar-refractivity contribution in [3.63, 3.8) is 0 Å². The van der Waals surface area contributed by atoms with Gasteiger partial charge in [-0.15, -0.1) is 0 Å². The van der Waals surface area contributed by atoms with Crippen LogP contribution in [-0.4, -0.2) is 44.1 Å². The van der Waals surface area contributed by atoms with E-state index >= 15 is 0 Å². The maximum atomic E-state index is 12.2. The molecule has 0 radical (unpaired) electrons. The van der Waals surface area contributed by atoms with Crippen LogP contribution in [0.25, 0.3) is 0 Å². The minimum absolute atomic E-state index is 0.0807. The summed E-state index contributed by atoms with van der Waals surface area (Å²) in [4.78, 5) is 14.0. The minimum Gasteiger partial charge on any atom is -0.445 e. The van der Waals surface area contributed by atoms with Crippen molar-refractivity contribution in [2.75, 3.05) is 27.1 Å². The molecule has 1 amide bonds. The van der Waals surface area contributed by atoms with Crippen LogP contribution >= 0.6 is 0 Å². The highest BCUT2D eigenvalue weighted by atomic mass is 16.7. The lowest BCUT2D eigenvalue weighted by Crippen LogP contribution is -2.46. The van der Waals surface area contributed by atoms with Gasteiger partial charge in [-0.05, 0) is 24.8 Å². The Morgan fingerprint density at radius 1 is 1.29 bits per heavy atom. The molecular formula is C16H23NO4. The largest absolute Gasteiger partial charge is 0.445 e. The maximum absolute atomic E-state index is 12.2. The Bertz CT molecular complexity index is 424. The monoisotopic (exact) mass is 293 g/mol. The molecule has 1 fully saturated rings. The van der Waals surface area contributed by atoms with Crippen molar-refractivity contribution in [1.29, 1.82) is 0 Å². The third-order valence-corrected chi connectivity index (χ3v) is 3.58. The zero-order valence-corrected chi connectivity index (χ0v) is 12.5. The normalized spacial score (nSPS) is 18.5. The van der Waals surface area contributed by atoms with Crippen LogP contribution in [0.2, 0.25) is 0 Å². The summed E-state index contributed by atoms with van der Waals surface area (Å²) in [6.45, 7) is 1.79. The molecular weight excluding hydrogens is 270 g/mol. The average molecular weight is 293 g/mol. The van der Waals surface area contributed by atoms with Crippen LogP contribution in [0.1, 0.15) is 24.8 Å². The molecule has 1 aliphatic heterocycles. The first-order valence-electron chi connectivity index (χ1n) is 7.35. The van der Waals surface area contributed by atoms with Gasteiger partial charge in [-0.2, -0.15) is 0 Å². The molecule has 116 valence electrons. The van der Waals surface area contributed by atoms with E-state index in [9.17, 15) is 4.79 Å². The molecule has 2 rings (SSSR count). The lowest BCUT2D eigenvalue weighted by atomic mass is 10.0. The molecule has 1 saturated heterocycles. The molecule has 0 saturated carbocycles. The molecule has 21 heavy (non-hydrogen) atoms. The molecule has 5 nitrogen and oxygen atoms in total. The first-order valence-corrected chi connectivity index (χ1v) is 7.35. The Morgan fingerprint density at radius 3 is 2.86 bits per heavy atom. The van der Waals surface area contributed by atoms with Gasteiger partial charge in [0.25, 0.3) is 0 Å². The van der Waals surface area contributed by atoms with Gasteiger partial charge in [0.05, 0.1) is 12.6 Å². The lowest BCUT2D eigenvalue weighted by molar-refractivity contribution is -0.0556. The molecule has 1 aromatic rings. The highest BCUT2D eigenvalue weighted by Crippen LogP contribution is 2.19. The van der Waals surface area contributed by atoms with Gasteiger partial charge in [0.15, 0.2) is 0 Å². The number of likely N-dealkylation sites (tertiary alicyclic amines) is 1. The van der Waals surface area contributed by atoms with Crippen molar-refractivity contribution in [3.05, 3.63) is 35.9 Å². The number of ether oxygens (including phenoxy) is 3. The van der Waals surface area contributed by atoms with Crippen LogP contribution in [0.5, 0.6) is 0 Å². The van der Waals surface area contributed by atoms with Crippen LogP contribution in [0.4, 0.5) is 4.79 Å². The maximum Gasteiger partial charge on any atom is 0.410 e. The summed E-state index contributed by atoms with van der Waals surface area (Å²) in [5, 5.41) is 0. The second-order valence-electron chi connectivity index (χ2n) is 5.16. The van der Waals surface area contributed by atoms with Crippen LogP contribution in [0.3, 0.4) is 0 Å². The average Bonchev–Trinajstić information content (AvgIpc) is 2.54. The molecule has 0 N–H and O–H groups in total. The van der Waals surface area contributed by atoms with E-state index in [2.05, 4.69) is 0 Å². The summed E-state index contributed by atoms with van der Waals surface area (Å²) in [6, 6.07) is 9.79. The summed E-state index contributed by atoms with van der Waals surface area (Å²) in [7, 11) is 1.59. The standard InChI is InChI=1S/C16H23NO4/c1-19-13-20-12-15-9-5-6-10-17(15)16(18)21-11-14-7-3-2-4-8-14/h2-4,7-8,15H,5-6,9-13H2,1H3. The predicted molar refractivity (Wildman–Crippen MR) is 78.8 cm³/mol. The number of amides is 1. The molecule has 1 unspecified atom stereocenters. The molecule has 0 bridgehead atoms. The van der Waals surface area contributed by atoms with Crippen molar-refractivity contribution in [1.82, 2.24) is 4.90 Å². The Morgan fingerprint density at radius 2 is 2.10 bits per heavy atom. The van der Waals surface area contributed by atoms with Crippen LogP contribution < -0.4 is 0 Å². The van der Waals surface area contributed by atoms with Crippen molar-refractivity contribution >= 4 is 6.09 Å². The fraction of sp³-hybridized carbons (Fsp3) is 0.562. The number of hydrogen-bond donors (Lipinski definition) is 0. The Hall–Kier alpha value is -1.59. The Kier molecular flexibility index (Phi) is 6.50. The number of rotatable bonds is 6. The van der Waals surface area contributed by atoms with Crippen molar-refractivity contribution in [3.8, 4) is 0 Å². The van der Waals surface area contributed by atoms with E-state index in [1.807, 2.05) is 30.3 Å². The smallest absolute Gasteiger partial charge is 0.410 e. The van der Waals surface area contributed by atoms with E-state index in [0.29, 0.717) is 13.2 Å². The molecule has 1 aliphatic rings. The molecule has 5 heteroatoms. The van der Waals surface area contributed by atoms with Gasteiger partial charge in [-0.25, -0.2) is 4.79 Å². The molecule has 1 atom stereocenters. The van der Waals surface area contributed by atoms with E-state index in [1.54, 1.807) is 12.0 Å². The first kappa shape index (κ1) is 15.8. The summed E-state index contributed by atoms with van der Waals surface area (Å²) in [5.74, 6) is 0. The highest BCUT2D eigenvalue weighted by Gasteiger charge is 2.27. The van der Waals surface area contributed by atoms with E-state index in [-0.39, 0.29) is 18.9 Å². The number of hydrogen-bond acceptors (Lipinski definition) is 4. The van der Waals surface area contributed by atoms with Gasteiger partial charge in [-0.3, -0.25) is 0 Å². The summed E-state index contributed by atoms with van der Waals surface area (Å²) in [6.07, 6.45) is 2.82. The number of methoxy groups -OCH3 is 1. The van der Waals surface area contributed by atoms with Gasteiger partial charge < -0.3 is 19.1 Å². The van der Waals surface area contributed by atoms with E-state index in [0.717, 1.165) is 31.4 Å². The Labute approximate surface area is 125 Å². The summed E-state index contributed by atoms with van der Waals surface area (Å²) >= 11 is 0. The van der Waals surface area contributed by atoms with E-state index < -0.39 is 0 Å². The van der Waals surface area contributed by atoms with Gasteiger partial charge in [0.2, 0.25) is 0 Å². The number of benzene rings is 1. The zero-order valence-electron chi connectivity index (χ0n) is 12.5. The molecule has 1 aromatic carbocycles. The van der Waals surface area contributed by atoms with Crippen LogP contribution in [0.15, 0.2) is 30.3 Å². The van der Waals surface area contributed by atoms with Crippen LogP contribution in [-0.2, 0) is 20.8 Å². The van der Waals surface area contributed by atoms with E-state index in [1.165, 1.54) is 0 Å². The topological polar surface area (TPSA) is 48.0 Å². The van der Waals surface area contributed by atoms with E-state index in [4.69, 9.17) is 14.2 Å². The third-order valence-electron chi connectivity index (χ3n) is 3.58. The highest BCUT2D eigenvalue weighted by molar-refractivity contribution is 5.68. The fourth-order valence-electron chi connectivity index (χ4n) is 2.48. The van der Waals surface area contributed by atoms with Gasteiger partial charge in [-0.1, -0.05) is 30.3 Å². The number of piperidine rings is 1. The first-order chi connectivity index (χ1) is 10.3. The molecule has 0 aliphatic carbocycles. The van der Waals surface area contributed by atoms with Crippen molar-refractivity contribution in [2.24, 2.45) is 0 Å². The number of carbonyl (C=O) groups is 1. The number of carbonyl (C=O) groups excluding carboxylic acids is 1. The van der Waals surface area contributed by atoms with Crippen molar-refractivity contribution in [2.45, 2.75) is 31.9 Å². The lowest BCUT2D eigenvalue weighted by Gasteiger charge is -2.34. The van der Waals surface area contributed by atoms with Crippen molar-refractivity contribution < 1.29 is 19.0 Å². The second-order valence-corrected chi connectivity index (χ2v) is 5.16. The summed E-state index contributed by atoms with van der Waals surface area (Å²) < 4.78 is 15.7. The minimum atomic E-state index is -0.260. The third kappa shape index (κ3) is 5.02. The molecule has 0 aromatic heterocycles. The zero-order chi connectivity index (χ0) is 14.9. The van der Waals surface area contributed by atoms with Gasteiger partial charge in [0.1, 0.15) is 13.4 Å². The summed E-state index contributed by atoms with van der Waals surface area (Å²) in [5.41, 5.74) is 0.995.